The molecule has 0 saturated heterocycles. The lowest BCUT2D eigenvalue weighted by atomic mass is 10.1. The molecule has 1 unspecified atom stereocenters. The molecule has 0 saturated carbocycles. The van der Waals surface area contributed by atoms with Gasteiger partial charge in [0.2, 0.25) is 0 Å². The van der Waals surface area contributed by atoms with E-state index in [9.17, 15) is 14.4 Å². The van der Waals surface area contributed by atoms with Crippen LogP contribution in [0, 0.1) is 0 Å². The molecule has 7 nitrogen and oxygen atoms in total. The van der Waals surface area contributed by atoms with E-state index in [1.54, 1.807) is 0 Å². The van der Waals surface area contributed by atoms with Crippen LogP contribution in [-0.2, 0) is 9.59 Å². The number of amides is 2. The summed E-state index contributed by atoms with van der Waals surface area (Å²) in [5, 5.41) is 19.8. The molecule has 1 aliphatic rings. The topological polar surface area (TPSA) is 107 Å². The molecule has 2 amide bonds. The van der Waals surface area contributed by atoms with Gasteiger partial charge in [0.25, 0.3) is 0 Å². The van der Waals surface area contributed by atoms with Crippen molar-refractivity contribution in [3.8, 4) is 0 Å². The predicted octanol–water partition coefficient (Wildman–Crippen LogP) is 0.666. The molecule has 0 fully saturated rings. The van der Waals surface area contributed by atoms with Crippen molar-refractivity contribution in [2.75, 3.05) is 13.1 Å². The largest absolute Gasteiger partial charge is 0.481 e. The van der Waals surface area contributed by atoms with Crippen LogP contribution in [0.3, 0.4) is 0 Å². The molecule has 7 heteroatoms. The van der Waals surface area contributed by atoms with Gasteiger partial charge < -0.3 is 20.4 Å². The van der Waals surface area contributed by atoms with Gasteiger partial charge in [0.1, 0.15) is 6.04 Å². The third-order valence-corrected chi connectivity index (χ3v) is 2.86. The van der Waals surface area contributed by atoms with Gasteiger partial charge in [0.05, 0.1) is 0 Å². The van der Waals surface area contributed by atoms with Crippen LogP contribution in [0.25, 0.3) is 0 Å². The van der Waals surface area contributed by atoms with E-state index in [1.165, 1.54) is 4.90 Å². The first kappa shape index (κ1) is 15.0. The standard InChI is InChI=1S/C12H18N2O5/c1-8-3-2-6-14(7-8)12(19)13-9(11(17)18)4-5-10(15)16/h3,9H,2,4-7H2,1H3,(H,13,19)(H,15,16)(H,17,18). The number of carboxylic acid groups (broad SMARTS) is 2. The van der Waals surface area contributed by atoms with E-state index in [1.807, 2.05) is 13.0 Å². The van der Waals surface area contributed by atoms with E-state index < -0.39 is 24.0 Å². The average Bonchev–Trinajstić information content (AvgIpc) is 2.33. The van der Waals surface area contributed by atoms with Crippen molar-refractivity contribution in [2.24, 2.45) is 0 Å². The lowest BCUT2D eigenvalue weighted by molar-refractivity contribution is -0.140. The van der Waals surface area contributed by atoms with Gasteiger partial charge in [-0.2, -0.15) is 0 Å². The van der Waals surface area contributed by atoms with Crippen LogP contribution in [-0.4, -0.2) is 52.2 Å². The summed E-state index contributed by atoms with van der Waals surface area (Å²) in [6.45, 7) is 2.91. The van der Waals surface area contributed by atoms with Crippen LogP contribution in [0.5, 0.6) is 0 Å². The van der Waals surface area contributed by atoms with Crippen molar-refractivity contribution in [2.45, 2.75) is 32.2 Å². The monoisotopic (exact) mass is 270 g/mol. The van der Waals surface area contributed by atoms with Crippen LogP contribution in [0.4, 0.5) is 4.79 Å². The quantitative estimate of drug-likeness (QED) is 0.636. The summed E-state index contributed by atoms with van der Waals surface area (Å²) < 4.78 is 0. The Labute approximate surface area is 110 Å². The molecule has 0 spiro atoms. The number of carbonyl (C=O) groups excluding carboxylic acids is 1. The number of carbonyl (C=O) groups is 3. The van der Waals surface area contributed by atoms with Crippen LogP contribution < -0.4 is 5.32 Å². The number of urea groups is 1. The van der Waals surface area contributed by atoms with Crippen LogP contribution in [0.15, 0.2) is 11.6 Å². The van der Waals surface area contributed by atoms with Crippen molar-refractivity contribution in [1.82, 2.24) is 10.2 Å². The van der Waals surface area contributed by atoms with Crippen LogP contribution >= 0.6 is 0 Å². The Hall–Kier alpha value is -2.05. The fourth-order valence-corrected chi connectivity index (χ4v) is 1.85. The molecule has 0 aromatic rings. The number of carboxylic acids is 2. The molecule has 0 radical (unpaired) electrons. The fraction of sp³-hybridized carbons (Fsp3) is 0.583. The van der Waals surface area contributed by atoms with Crippen molar-refractivity contribution < 1.29 is 24.6 Å². The fourth-order valence-electron chi connectivity index (χ4n) is 1.85. The highest BCUT2D eigenvalue weighted by molar-refractivity contribution is 5.83. The van der Waals surface area contributed by atoms with Gasteiger partial charge >= 0.3 is 18.0 Å². The molecule has 1 rings (SSSR count). The van der Waals surface area contributed by atoms with Crippen LogP contribution in [0.1, 0.15) is 26.2 Å². The van der Waals surface area contributed by atoms with Gasteiger partial charge in [-0.25, -0.2) is 9.59 Å². The zero-order chi connectivity index (χ0) is 14.4. The summed E-state index contributed by atoms with van der Waals surface area (Å²) in [6.07, 6.45) is 2.35. The van der Waals surface area contributed by atoms with Crippen molar-refractivity contribution in [1.29, 1.82) is 0 Å². The maximum absolute atomic E-state index is 11.9. The van der Waals surface area contributed by atoms with E-state index in [0.29, 0.717) is 13.1 Å². The summed E-state index contributed by atoms with van der Waals surface area (Å²) in [5.74, 6) is -2.31. The molecular formula is C12H18N2O5. The number of hydrogen-bond acceptors (Lipinski definition) is 3. The second-order valence-electron chi connectivity index (χ2n) is 4.53. The van der Waals surface area contributed by atoms with Gasteiger partial charge in [0.15, 0.2) is 0 Å². The molecule has 1 aliphatic heterocycles. The maximum atomic E-state index is 11.9. The molecule has 3 N–H and O–H groups in total. The smallest absolute Gasteiger partial charge is 0.326 e. The first-order valence-corrected chi connectivity index (χ1v) is 6.06. The summed E-state index contributed by atoms with van der Waals surface area (Å²) in [4.78, 5) is 34.8. The lowest BCUT2D eigenvalue weighted by Crippen LogP contribution is -2.49. The Morgan fingerprint density at radius 2 is 2.11 bits per heavy atom. The van der Waals surface area contributed by atoms with E-state index in [4.69, 9.17) is 10.2 Å². The number of nitrogens with zero attached hydrogens (tertiary/aromatic N) is 1. The molecule has 0 aliphatic carbocycles. The first-order valence-electron chi connectivity index (χ1n) is 6.06. The van der Waals surface area contributed by atoms with Gasteiger partial charge in [-0.3, -0.25) is 4.79 Å². The zero-order valence-electron chi connectivity index (χ0n) is 10.8. The Morgan fingerprint density at radius 3 is 2.63 bits per heavy atom. The molecule has 0 aromatic carbocycles. The minimum atomic E-state index is -1.22. The SMILES string of the molecule is CC1=CCCN(C(=O)NC(CCC(=O)O)C(=O)O)C1. The van der Waals surface area contributed by atoms with Crippen molar-refractivity contribution >= 4 is 18.0 Å². The highest BCUT2D eigenvalue weighted by Gasteiger charge is 2.24. The molecular weight excluding hydrogens is 252 g/mol. The molecule has 19 heavy (non-hydrogen) atoms. The highest BCUT2D eigenvalue weighted by atomic mass is 16.4. The van der Waals surface area contributed by atoms with Crippen molar-refractivity contribution in [3.63, 3.8) is 0 Å². The molecule has 0 bridgehead atoms. The molecule has 1 atom stereocenters. The third-order valence-electron chi connectivity index (χ3n) is 2.86. The maximum Gasteiger partial charge on any atom is 0.326 e. The number of hydrogen-bond donors (Lipinski definition) is 3. The van der Waals surface area contributed by atoms with Gasteiger partial charge in [-0.1, -0.05) is 11.6 Å². The van der Waals surface area contributed by atoms with E-state index in [2.05, 4.69) is 5.32 Å². The lowest BCUT2D eigenvalue weighted by Gasteiger charge is -2.27. The Morgan fingerprint density at radius 1 is 1.42 bits per heavy atom. The highest BCUT2D eigenvalue weighted by Crippen LogP contribution is 2.09. The van der Waals surface area contributed by atoms with E-state index in [0.717, 1.165) is 12.0 Å². The van der Waals surface area contributed by atoms with Gasteiger partial charge in [-0.15, -0.1) is 0 Å². The number of aliphatic carboxylic acids is 2. The summed E-state index contributed by atoms with van der Waals surface area (Å²) in [7, 11) is 0. The predicted molar refractivity (Wildman–Crippen MR) is 66.8 cm³/mol. The normalized spacial score (nSPS) is 16.5. The van der Waals surface area contributed by atoms with Crippen LogP contribution in [0.2, 0.25) is 0 Å². The minimum absolute atomic E-state index is 0.126. The zero-order valence-corrected chi connectivity index (χ0v) is 10.8. The van der Waals surface area contributed by atoms with E-state index >= 15 is 0 Å². The molecule has 106 valence electrons. The average molecular weight is 270 g/mol. The first-order chi connectivity index (χ1) is 8.90. The number of nitrogens with one attached hydrogen (secondary N) is 1. The summed E-state index contributed by atoms with van der Waals surface area (Å²) in [5.41, 5.74) is 1.05. The summed E-state index contributed by atoms with van der Waals surface area (Å²) in [6, 6.07) is -1.64. The van der Waals surface area contributed by atoms with Gasteiger partial charge in [0, 0.05) is 19.5 Å². The second-order valence-corrected chi connectivity index (χ2v) is 4.53. The number of rotatable bonds is 5. The van der Waals surface area contributed by atoms with Crippen molar-refractivity contribution in [3.05, 3.63) is 11.6 Å². The Balaban J connectivity index is 2.53. The minimum Gasteiger partial charge on any atom is -0.481 e. The third kappa shape index (κ3) is 4.99. The van der Waals surface area contributed by atoms with Gasteiger partial charge in [-0.05, 0) is 19.8 Å². The summed E-state index contributed by atoms with van der Waals surface area (Å²) >= 11 is 0. The Bertz CT molecular complexity index is 405. The molecule has 1 heterocycles. The van der Waals surface area contributed by atoms with E-state index in [-0.39, 0.29) is 12.8 Å². The molecule has 0 aromatic heterocycles. The Kier molecular flexibility index (Phi) is 5.35. The second kappa shape index (κ2) is 6.77.